The second kappa shape index (κ2) is 11.7. The van der Waals surface area contributed by atoms with E-state index in [1.165, 1.54) is 80.4 Å². The Balaban J connectivity index is 1.19. The Morgan fingerprint density at radius 3 is 2.02 bits per heavy atom. The molecule has 1 nitrogen and oxygen atoms in total. The van der Waals surface area contributed by atoms with Crippen molar-refractivity contribution < 1.29 is 0 Å². The molecular formula is C48H35NSSi. The molecule has 0 bridgehead atoms. The van der Waals surface area contributed by atoms with E-state index >= 15 is 0 Å². The first-order valence-electron chi connectivity index (χ1n) is 17.7. The Labute approximate surface area is 303 Å². The molecule has 51 heavy (non-hydrogen) atoms. The lowest BCUT2D eigenvalue weighted by Gasteiger charge is -2.31. The zero-order valence-electron chi connectivity index (χ0n) is 28.6. The van der Waals surface area contributed by atoms with Crippen molar-refractivity contribution in [1.29, 1.82) is 0 Å². The molecule has 1 aliphatic heterocycles. The fourth-order valence-electron chi connectivity index (χ4n) is 8.40. The minimum atomic E-state index is -2.14. The third-order valence-electron chi connectivity index (χ3n) is 10.8. The summed E-state index contributed by atoms with van der Waals surface area (Å²) in [5.41, 5.74) is 11.3. The quantitative estimate of drug-likeness (QED) is 0.163. The molecule has 0 amide bonds. The van der Waals surface area contributed by atoms with Crippen molar-refractivity contribution >= 4 is 77.8 Å². The molecule has 0 saturated heterocycles. The molecule has 1 aliphatic rings. The van der Waals surface area contributed by atoms with Gasteiger partial charge >= 0.3 is 0 Å². The number of nitrogens with zero attached hydrogens (tertiary/aromatic N) is 1. The van der Waals surface area contributed by atoms with E-state index in [-0.39, 0.29) is 0 Å². The van der Waals surface area contributed by atoms with E-state index in [1.54, 1.807) is 0 Å². The lowest BCUT2D eigenvalue weighted by Crippen LogP contribution is -2.50. The van der Waals surface area contributed by atoms with Gasteiger partial charge in [0, 0.05) is 37.2 Å². The summed E-state index contributed by atoms with van der Waals surface area (Å²) >= 11 is 1.91. The first-order valence-corrected chi connectivity index (χ1v) is 21.5. The second-order valence-electron chi connectivity index (χ2n) is 14.1. The average Bonchev–Trinajstić information content (AvgIpc) is 3.68. The van der Waals surface area contributed by atoms with Crippen LogP contribution in [0.5, 0.6) is 0 Å². The van der Waals surface area contributed by atoms with E-state index in [1.807, 2.05) is 11.3 Å². The molecular weight excluding hydrogens is 651 g/mol. The van der Waals surface area contributed by atoms with Crippen molar-refractivity contribution in [3.05, 3.63) is 176 Å². The highest BCUT2D eigenvalue weighted by atomic mass is 32.1. The number of hydrogen-bond acceptors (Lipinski definition) is 2. The third-order valence-corrected chi connectivity index (χ3v) is 15.5. The van der Waals surface area contributed by atoms with Crippen LogP contribution in [0.1, 0.15) is 0 Å². The average molecular weight is 686 g/mol. The van der Waals surface area contributed by atoms with Crippen molar-refractivity contribution in [3.8, 4) is 33.4 Å². The Hall–Kier alpha value is -5.74. The molecule has 0 spiro atoms. The highest BCUT2D eigenvalue weighted by molar-refractivity contribution is 7.26. The van der Waals surface area contributed by atoms with Crippen LogP contribution in [0.4, 0.5) is 17.1 Å². The van der Waals surface area contributed by atoms with Gasteiger partial charge < -0.3 is 4.90 Å². The summed E-state index contributed by atoms with van der Waals surface area (Å²) < 4.78 is 2.73. The summed E-state index contributed by atoms with van der Waals surface area (Å²) in [4.78, 5) is 2.52. The van der Waals surface area contributed by atoms with Crippen molar-refractivity contribution in [2.45, 2.75) is 13.1 Å². The van der Waals surface area contributed by atoms with E-state index in [9.17, 15) is 0 Å². The van der Waals surface area contributed by atoms with E-state index in [4.69, 9.17) is 0 Å². The van der Waals surface area contributed by atoms with Gasteiger partial charge in [0.25, 0.3) is 0 Å². The van der Waals surface area contributed by atoms with Gasteiger partial charge in [-0.15, -0.1) is 11.3 Å². The van der Waals surface area contributed by atoms with Gasteiger partial charge in [-0.05, 0) is 103 Å². The molecule has 9 aromatic rings. The fraction of sp³-hybridized carbons (Fsp3) is 0.0417. The van der Waals surface area contributed by atoms with Gasteiger partial charge in [0.2, 0.25) is 0 Å². The van der Waals surface area contributed by atoms with Crippen LogP contribution in [0, 0.1) is 0 Å². The normalized spacial score (nSPS) is 13.1. The van der Waals surface area contributed by atoms with E-state index in [2.05, 4.69) is 194 Å². The molecule has 0 radical (unpaired) electrons. The van der Waals surface area contributed by atoms with Crippen LogP contribution in [0.25, 0.3) is 64.3 Å². The van der Waals surface area contributed by atoms with Crippen LogP contribution in [0.3, 0.4) is 0 Å². The van der Waals surface area contributed by atoms with Gasteiger partial charge in [-0.1, -0.05) is 140 Å². The Morgan fingerprint density at radius 2 is 1.16 bits per heavy atom. The largest absolute Gasteiger partial charge is 0.311 e. The molecule has 0 saturated carbocycles. The number of anilines is 3. The van der Waals surface area contributed by atoms with Crippen LogP contribution in [0.2, 0.25) is 13.1 Å². The number of rotatable bonds is 5. The molecule has 0 atom stereocenters. The molecule has 0 aliphatic carbocycles. The molecule has 2 heterocycles. The maximum absolute atomic E-state index is 2.55. The lowest BCUT2D eigenvalue weighted by atomic mass is 9.98. The predicted molar refractivity (Wildman–Crippen MR) is 225 cm³/mol. The van der Waals surface area contributed by atoms with Crippen LogP contribution >= 0.6 is 11.3 Å². The summed E-state index contributed by atoms with van der Waals surface area (Å²) in [6.45, 7) is 5.09. The highest BCUT2D eigenvalue weighted by Gasteiger charge is 2.42. The van der Waals surface area contributed by atoms with E-state index in [0.717, 1.165) is 11.4 Å². The first kappa shape index (κ1) is 30.1. The van der Waals surface area contributed by atoms with Gasteiger partial charge in [-0.2, -0.15) is 0 Å². The lowest BCUT2D eigenvalue weighted by molar-refractivity contribution is 1.29. The summed E-state index contributed by atoms with van der Waals surface area (Å²) in [5.74, 6) is 0. The zero-order valence-corrected chi connectivity index (χ0v) is 30.4. The summed E-state index contributed by atoms with van der Waals surface area (Å²) in [6, 6.07) is 65.1. The zero-order chi connectivity index (χ0) is 34.1. The topological polar surface area (TPSA) is 3.24 Å². The van der Waals surface area contributed by atoms with Gasteiger partial charge in [0.15, 0.2) is 0 Å². The molecule has 242 valence electrons. The van der Waals surface area contributed by atoms with Crippen LogP contribution < -0.4 is 15.3 Å². The maximum Gasteiger partial charge on any atom is 0.116 e. The standard InChI is InChI=1S/C48H35NSSi/c1-51(2)45-29-28-44-46(40-18-8-9-21-43(40)50-44)47(45)41-19-11-20-42(48(41)51)49(38-26-24-34(25-27-38)32-12-4-3-5-13-32)39-17-10-16-36(31-39)37-23-22-33-14-6-7-15-35(33)30-37/h3-31H,1-2H3. The van der Waals surface area contributed by atoms with E-state index in [0.29, 0.717) is 0 Å². The smallest absolute Gasteiger partial charge is 0.116 e. The Morgan fingerprint density at radius 1 is 0.471 bits per heavy atom. The fourth-order valence-corrected chi connectivity index (χ4v) is 12.9. The first-order chi connectivity index (χ1) is 25.0. The molecule has 0 N–H and O–H groups in total. The molecule has 1 aromatic heterocycles. The Kier molecular flexibility index (Phi) is 6.89. The summed E-state index contributed by atoms with van der Waals surface area (Å²) in [7, 11) is -2.14. The summed E-state index contributed by atoms with van der Waals surface area (Å²) in [5, 5.41) is 8.34. The highest BCUT2D eigenvalue weighted by Crippen LogP contribution is 2.45. The minimum absolute atomic E-state index is 1.16. The molecule has 0 unspecified atom stereocenters. The molecule has 8 aromatic carbocycles. The van der Waals surface area contributed by atoms with Crippen molar-refractivity contribution in [2.24, 2.45) is 0 Å². The minimum Gasteiger partial charge on any atom is -0.311 e. The SMILES string of the molecule is C[Si]1(C)c2ccc3sc4ccccc4c3c2-c2cccc(N(c3ccc(-c4ccccc4)cc3)c3cccc(-c4ccc5ccccc5c4)c3)c21. The van der Waals surface area contributed by atoms with Crippen molar-refractivity contribution in [2.75, 3.05) is 4.90 Å². The third kappa shape index (κ3) is 4.80. The maximum atomic E-state index is 2.55. The molecule has 3 heteroatoms. The predicted octanol–water partition coefficient (Wildman–Crippen LogP) is 12.8. The van der Waals surface area contributed by atoms with Crippen LogP contribution in [0.15, 0.2) is 176 Å². The van der Waals surface area contributed by atoms with Gasteiger partial charge in [-0.25, -0.2) is 0 Å². The second-order valence-corrected chi connectivity index (χ2v) is 19.5. The number of thiophene rings is 1. The van der Waals surface area contributed by atoms with Crippen LogP contribution in [-0.2, 0) is 0 Å². The van der Waals surface area contributed by atoms with Crippen molar-refractivity contribution in [1.82, 2.24) is 0 Å². The van der Waals surface area contributed by atoms with Gasteiger partial charge in [0.1, 0.15) is 8.07 Å². The van der Waals surface area contributed by atoms with Gasteiger partial charge in [0.05, 0.1) is 0 Å². The summed E-state index contributed by atoms with van der Waals surface area (Å²) in [6.07, 6.45) is 0. The molecule has 0 fully saturated rings. The number of benzene rings is 8. The molecule has 10 rings (SSSR count). The van der Waals surface area contributed by atoms with E-state index < -0.39 is 8.07 Å². The number of hydrogen-bond donors (Lipinski definition) is 0. The van der Waals surface area contributed by atoms with Gasteiger partial charge in [-0.3, -0.25) is 0 Å². The van der Waals surface area contributed by atoms with Crippen molar-refractivity contribution in [3.63, 3.8) is 0 Å². The Bertz CT molecular complexity index is 2780. The number of fused-ring (bicyclic) bond motifs is 8. The monoisotopic (exact) mass is 685 g/mol. The van der Waals surface area contributed by atoms with Crippen LogP contribution in [-0.4, -0.2) is 8.07 Å².